The van der Waals surface area contributed by atoms with E-state index in [4.69, 9.17) is 4.74 Å². The molecule has 2 fully saturated rings. The Hall–Kier alpha value is -0.0700. The average molecular weight is 356 g/mol. The molecular formula is C15H31Cl2N3O2. The van der Waals surface area contributed by atoms with Crippen LogP contribution in [0.25, 0.3) is 0 Å². The van der Waals surface area contributed by atoms with Crippen LogP contribution in [0, 0.1) is 5.92 Å². The zero-order valence-corrected chi connectivity index (χ0v) is 15.6. The fraction of sp³-hybridized carbons (Fsp3) is 0.933. The van der Waals surface area contributed by atoms with E-state index in [2.05, 4.69) is 43.2 Å². The van der Waals surface area contributed by atoms with Gasteiger partial charge in [-0.3, -0.25) is 9.69 Å². The molecule has 0 aromatic heterocycles. The van der Waals surface area contributed by atoms with Gasteiger partial charge in [0.2, 0.25) is 5.91 Å². The second-order valence-electron chi connectivity index (χ2n) is 6.60. The summed E-state index contributed by atoms with van der Waals surface area (Å²) in [6, 6.07) is 0.240. The van der Waals surface area contributed by atoms with Crippen molar-refractivity contribution in [1.82, 2.24) is 15.5 Å². The predicted molar refractivity (Wildman–Crippen MR) is 94.1 cm³/mol. The summed E-state index contributed by atoms with van der Waals surface area (Å²) in [6.07, 6.45) is 1.42. The van der Waals surface area contributed by atoms with E-state index in [1.54, 1.807) is 0 Å². The van der Waals surface area contributed by atoms with Crippen LogP contribution in [0.2, 0.25) is 0 Å². The van der Waals surface area contributed by atoms with Crippen LogP contribution in [0.5, 0.6) is 0 Å². The molecule has 2 heterocycles. The van der Waals surface area contributed by atoms with Crippen molar-refractivity contribution in [3.05, 3.63) is 0 Å². The molecule has 5 nitrogen and oxygen atoms in total. The molecule has 2 saturated heterocycles. The molecule has 7 heteroatoms. The lowest BCUT2D eigenvalue weighted by atomic mass is 9.99. The fourth-order valence-corrected chi connectivity index (χ4v) is 3.40. The molecule has 0 aromatic rings. The third kappa shape index (κ3) is 5.85. The zero-order valence-electron chi connectivity index (χ0n) is 14.0. The first-order valence-corrected chi connectivity index (χ1v) is 7.88. The SMILES string of the molecule is CC1CN(C(C(=O)NC2CCNC2)C(C)C)CC(C)O1.Cl.Cl. The van der Waals surface area contributed by atoms with Gasteiger partial charge in [-0.25, -0.2) is 0 Å². The van der Waals surface area contributed by atoms with Gasteiger partial charge < -0.3 is 15.4 Å². The predicted octanol–water partition coefficient (Wildman–Crippen LogP) is 1.44. The third-order valence-electron chi connectivity index (χ3n) is 4.15. The van der Waals surface area contributed by atoms with E-state index in [1.807, 2.05) is 0 Å². The third-order valence-corrected chi connectivity index (χ3v) is 4.15. The number of hydrogen-bond acceptors (Lipinski definition) is 4. The molecular weight excluding hydrogens is 325 g/mol. The minimum absolute atomic E-state index is 0. The monoisotopic (exact) mass is 355 g/mol. The number of carbonyl (C=O) groups is 1. The number of morpholine rings is 1. The molecule has 0 aliphatic carbocycles. The average Bonchev–Trinajstić information content (AvgIpc) is 2.79. The van der Waals surface area contributed by atoms with Gasteiger partial charge in [0.05, 0.1) is 18.2 Å². The lowest BCUT2D eigenvalue weighted by Gasteiger charge is -2.41. The van der Waals surface area contributed by atoms with Gasteiger partial charge in [-0.05, 0) is 32.7 Å². The molecule has 2 N–H and O–H groups in total. The molecule has 4 atom stereocenters. The van der Waals surface area contributed by atoms with Gasteiger partial charge in [-0.2, -0.15) is 0 Å². The Morgan fingerprint density at radius 2 is 1.82 bits per heavy atom. The van der Waals surface area contributed by atoms with Gasteiger partial charge >= 0.3 is 0 Å². The van der Waals surface area contributed by atoms with E-state index in [0.29, 0.717) is 12.0 Å². The number of ether oxygens (including phenoxy) is 1. The van der Waals surface area contributed by atoms with Crippen molar-refractivity contribution in [3.8, 4) is 0 Å². The Labute approximate surface area is 146 Å². The molecule has 132 valence electrons. The van der Waals surface area contributed by atoms with Crippen LogP contribution in [0.4, 0.5) is 0 Å². The van der Waals surface area contributed by atoms with Crippen LogP contribution in [0.3, 0.4) is 0 Å². The van der Waals surface area contributed by atoms with Crippen molar-refractivity contribution in [1.29, 1.82) is 0 Å². The molecule has 0 radical (unpaired) electrons. The first-order valence-electron chi connectivity index (χ1n) is 7.88. The number of carbonyl (C=O) groups excluding carboxylic acids is 1. The number of halogens is 2. The number of nitrogens with one attached hydrogen (secondary N) is 2. The van der Waals surface area contributed by atoms with Crippen LogP contribution < -0.4 is 10.6 Å². The van der Waals surface area contributed by atoms with Crippen molar-refractivity contribution >= 4 is 30.7 Å². The number of nitrogens with zero attached hydrogens (tertiary/aromatic N) is 1. The van der Waals surface area contributed by atoms with Crippen LogP contribution in [0.1, 0.15) is 34.1 Å². The second-order valence-corrected chi connectivity index (χ2v) is 6.60. The molecule has 22 heavy (non-hydrogen) atoms. The number of amides is 1. The lowest BCUT2D eigenvalue weighted by molar-refractivity contribution is -0.136. The molecule has 0 saturated carbocycles. The summed E-state index contributed by atoms with van der Waals surface area (Å²) >= 11 is 0. The molecule has 0 aromatic carbocycles. The van der Waals surface area contributed by atoms with Gasteiger partial charge in [-0.15, -0.1) is 24.8 Å². The van der Waals surface area contributed by atoms with Crippen LogP contribution in [-0.4, -0.2) is 61.3 Å². The summed E-state index contributed by atoms with van der Waals surface area (Å²) in [6.45, 7) is 12.0. The lowest BCUT2D eigenvalue weighted by Crippen LogP contribution is -2.58. The topological polar surface area (TPSA) is 53.6 Å². The Balaban J connectivity index is 0.00000220. The Kier molecular flexibility index (Phi) is 9.90. The summed E-state index contributed by atoms with van der Waals surface area (Å²) in [5, 5.41) is 6.49. The molecule has 4 unspecified atom stereocenters. The highest BCUT2D eigenvalue weighted by Crippen LogP contribution is 2.19. The van der Waals surface area contributed by atoms with Crippen molar-refractivity contribution in [2.75, 3.05) is 26.2 Å². The summed E-state index contributed by atoms with van der Waals surface area (Å²) in [4.78, 5) is 14.9. The molecule has 2 aliphatic rings. The summed E-state index contributed by atoms with van der Waals surface area (Å²) in [7, 11) is 0. The summed E-state index contributed by atoms with van der Waals surface area (Å²) in [5.74, 6) is 0.483. The van der Waals surface area contributed by atoms with E-state index >= 15 is 0 Å². The molecule has 0 bridgehead atoms. The Morgan fingerprint density at radius 3 is 2.27 bits per heavy atom. The Bertz CT molecular complexity index is 329. The largest absolute Gasteiger partial charge is 0.373 e. The van der Waals surface area contributed by atoms with Crippen LogP contribution in [0.15, 0.2) is 0 Å². The molecule has 2 aliphatic heterocycles. The second kappa shape index (κ2) is 9.93. The highest BCUT2D eigenvalue weighted by atomic mass is 35.5. The highest BCUT2D eigenvalue weighted by Gasteiger charge is 2.35. The fourth-order valence-electron chi connectivity index (χ4n) is 3.40. The minimum atomic E-state index is -0.0515. The van der Waals surface area contributed by atoms with Gasteiger partial charge in [0.1, 0.15) is 0 Å². The van der Waals surface area contributed by atoms with Gasteiger partial charge in [0.25, 0.3) is 0 Å². The van der Waals surface area contributed by atoms with E-state index in [0.717, 1.165) is 32.6 Å². The van der Waals surface area contributed by atoms with Crippen LogP contribution >= 0.6 is 24.8 Å². The van der Waals surface area contributed by atoms with Gasteiger partial charge in [0.15, 0.2) is 0 Å². The van der Waals surface area contributed by atoms with Crippen molar-refractivity contribution in [2.24, 2.45) is 5.92 Å². The van der Waals surface area contributed by atoms with Crippen molar-refractivity contribution in [3.63, 3.8) is 0 Å². The normalized spacial score (nSPS) is 30.3. The molecule has 0 spiro atoms. The molecule has 1 amide bonds. The van der Waals surface area contributed by atoms with Crippen molar-refractivity contribution < 1.29 is 9.53 Å². The maximum Gasteiger partial charge on any atom is 0.237 e. The van der Waals surface area contributed by atoms with E-state index in [1.165, 1.54) is 0 Å². The maximum atomic E-state index is 12.6. The van der Waals surface area contributed by atoms with Crippen molar-refractivity contribution in [2.45, 2.75) is 58.4 Å². The number of rotatable bonds is 4. The number of hydrogen-bond donors (Lipinski definition) is 2. The zero-order chi connectivity index (χ0) is 14.7. The van der Waals surface area contributed by atoms with E-state index < -0.39 is 0 Å². The van der Waals surface area contributed by atoms with E-state index in [9.17, 15) is 4.79 Å². The summed E-state index contributed by atoms with van der Waals surface area (Å²) < 4.78 is 5.78. The quantitative estimate of drug-likeness (QED) is 0.801. The molecule has 2 rings (SSSR count). The Morgan fingerprint density at radius 1 is 1.23 bits per heavy atom. The smallest absolute Gasteiger partial charge is 0.237 e. The van der Waals surface area contributed by atoms with Gasteiger partial charge in [-0.1, -0.05) is 13.8 Å². The van der Waals surface area contributed by atoms with E-state index in [-0.39, 0.29) is 49.0 Å². The summed E-state index contributed by atoms with van der Waals surface area (Å²) in [5.41, 5.74) is 0. The standard InChI is InChI=1S/C15H29N3O2.2ClH/c1-10(2)14(15(19)17-13-5-6-16-7-13)18-8-11(3)20-12(4)9-18;;/h10-14,16H,5-9H2,1-4H3,(H,17,19);2*1H. The van der Waals surface area contributed by atoms with Crippen LogP contribution in [-0.2, 0) is 9.53 Å². The minimum Gasteiger partial charge on any atom is -0.373 e. The van der Waals surface area contributed by atoms with Gasteiger partial charge in [0, 0.05) is 25.7 Å². The maximum absolute atomic E-state index is 12.6. The highest BCUT2D eigenvalue weighted by molar-refractivity contribution is 5.85. The first kappa shape index (κ1) is 21.9. The first-order chi connectivity index (χ1) is 9.47.